The molecule has 0 aliphatic heterocycles. The molecule has 0 radical (unpaired) electrons. The van der Waals surface area contributed by atoms with Gasteiger partial charge in [-0.15, -0.1) is 11.6 Å². The first kappa shape index (κ1) is 11.2. The quantitative estimate of drug-likeness (QED) is 0.498. The van der Waals surface area contributed by atoms with Gasteiger partial charge in [0.15, 0.2) is 0 Å². The molecular formula is C8H7Cl2NO3. The first-order valence-corrected chi connectivity index (χ1v) is 4.65. The van der Waals surface area contributed by atoms with E-state index in [0.29, 0.717) is 0 Å². The second kappa shape index (κ2) is 4.59. The maximum Gasteiger partial charge on any atom is 0.269 e. The molecule has 0 aliphatic rings. The van der Waals surface area contributed by atoms with Crippen molar-refractivity contribution in [2.75, 3.05) is 5.88 Å². The molecule has 4 nitrogen and oxygen atoms in total. The van der Waals surface area contributed by atoms with E-state index in [9.17, 15) is 15.2 Å². The van der Waals surface area contributed by atoms with Gasteiger partial charge in [0, 0.05) is 22.7 Å². The van der Waals surface area contributed by atoms with Gasteiger partial charge in [0.1, 0.15) is 0 Å². The van der Waals surface area contributed by atoms with Crippen LogP contribution in [0.2, 0.25) is 5.02 Å². The zero-order chi connectivity index (χ0) is 10.7. The number of nitrogens with zero attached hydrogens (tertiary/aromatic N) is 1. The van der Waals surface area contributed by atoms with Crippen LogP contribution < -0.4 is 0 Å². The minimum absolute atomic E-state index is 0.0547. The Morgan fingerprint density at radius 1 is 1.57 bits per heavy atom. The van der Waals surface area contributed by atoms with Gasteiger partial charge in [-0.05, 0) is 6.07 Å². The third-order valence-electron chi connectivity index (χ3n) is 1.70. The van der Waals surface area contributed by atoms with Gasteiger partial charge in [0.05, 0.1) is 16.9 Å². The molecule has 14 heavy (non-hydrogen) atoms. The van der Waals surface area contributed by atoms with Crippen LogP contribution in [0.15, 0.2) is 18.2 Å². The number of aliphatic hydroxyl groups excluding tert-OH is 1. The van der Waals surface area contributed by atoms with Crippen LogP contribution in [0.5, 0.6) is 0 Å². The Morgan fingerprint density at radius 3 is 2.71 bits per heavy atom. The summed E-state index contributed by atoms with van der Waals surface area (Å²) in [4.78, 5) is 9.87. The summed E-state index contributed by atoms with van der Waals surface area (Å²) in [6.07, 6.45) is -0.982. The smallest absolute Gasteiger partial charge is 0.269 e. The van der Waals surface area contributed by atoms with Crippen LogP contribution in [0.4, 0.5) is 5.69 Å². The van der Waals surface area contributed by atoms with Crippen LogP contribution in [-0.2, 0) is 0 Å². The molecule has 0 amide bonds. The molecule has 1 aromatic carbocycles. The molecule has 1 aromatic rings. The standard InChI is InChI=1S/C8H7Cl2NO3/c9-4-8(12)6-3-5(11(13)14)1-2-7(6)10/h1-3,8,12H,4H2. The van der Waals surface area contributed by atoms with Crippen molar-refractivity contribution in [2.24, 2.45) is 0 Å². The van der Waals surface area contributed by atoms with E-state index in [-0.39, 0.29) is 22.2 Å². The summed E-state index contributed by atoms with van der Waals surface area (Å²) in [5, 5.41) is 20.1. The number of nitro groups is 1. The third-order valence-corrected chi connectivity index (χ3v) is 2.33. The maximum atomic E-state index is 10.4. The number of halogens is 2. The monoisotopic (exact) mass is 235 g/mol. The molecular weight excluding hydrogens is 229 g/mol. The van der Waals surface area contributed by atoms with Crippen molar-refractivity contribution in [1.82, 2.24) is 0 Å². The van der Waals surface area contributed by atoms with E-state index >= 15 is 0 Å². The second-order valence-corrected chi connectivity index (χ2v) is 3.35. The van der Waals surface area contributed by atoms with Crippen molar-refractivity contribution in [3.8, 4) is 0 Å². The number of aliphatic hydroxyl groups is 1. The fourth-order valence-corrected chi connectivity index (χ4v) is 1.39. The Bertz CT molecular complexity index is 356. The highest BCUT2D eigenvalue weighted by Gasteiger charge is 2.15. The molecule has 0 saturated heterocycles. The number of rotatable bonds is 3. The summed E-state index contributed by atoms with van der Waals surface area (Å²) >= 11 is 11.1. The summed E-state index contributed by atoms with van der Waals surface area (Å²) in [7, 11) is 0. The lowest BCUT2D eigenvalue weighted by Gasteiger charge is -2.08. The topological polar surface area (TPSA) is 63.4 Å². The van der Waals surface area contributed by atoms with E-state index < -0.39 is 11.0 Å². The van der Waals surface area contributed by atoms with Gasteiger partial charge in [-0.3, -0.25) is 10.1 Å². The molecule has 0 saturated carbocycles. The van der Waals surface area contributed by atoms with Gasteiger partial charge in [0.2, 0.25) is 0 Å². The zero-order valence-electron chi connectivity index (χ0n) is 6.98. The molecule has 1 atom stereocenters. The molecule has 0 bridgehead atoms. The van der Waals surface area contributed by atoms with Crippen molar-refractivity contribution >= 4 is 28.9 Å². The fourth-order valence-electron chi connectivity index (χ4n) is 0.983. The lowest BCUT2D eigenvalue weighted by Crippen LogP contribution is -2.00. The average Bonchev–Trinajstić information content (AvgIpc) is 2.17. The van der Waals surface area contributed by atoms with Gasteiger partial charge in [-0.25, -0.2) is 0 Å². The molecule has 0 fully saturated rings. The van der Waals surface area contributed by atoms with Gasteiger partial charge in [-0.2, -0.15) is 0 Å². The van der Waals surface area contributed by atoms with E-state index in [1.807, 2.05) is 0 Å². The number of alkyl halides is 1. The SMILES string of the molecule is O=[N+]([O-])c1ccc(Cl)c(C(O)CCl)c1. The normalized spacial score (nSPS) is 12.5. The lowest BCUT2D eigenvalue weighted by molar-refractivity contribution is -0.385. The van der Waals surface area contributed by atoms with Crippen LogP contribution in [0.3, 0.4) is 0 Å². The summed E-state index contributed by atoms with van der Waals surface area (Å²) < 4.78 is 0. The van der Waals surface area contributed by atoms with E-state index in [1.54, 1.807) is 0 Å². The maximum absolute atomic E-state index is 10.4. The Kier molecular flexibility index (Phi) is 3.69. The van der Waals surface area contributed by atoms with Crippen LogP contribution in [-0.4, -0.2) is 15.9 Å². The molecule has 0 heterocycles. The van der Waals surface area contributed by atoms with E-state index in [2.05, 4.69) is 0 Å². The summed E-state index contributed by atoms with van der Waals surface area (Å²) in [5.74, 6) is -0.0547. The Morgan fingerprint density at radius 2 is 2.21 bits per heavy atom. The van der Waals surface area contributed by atoms with Crippen molar-refractivity contribution < 1.29 is 10.0 Å². The zero-order valence-corrected chi connectivity index (χ0v) is 8.50. The summed E-state index contributed by atoms with van der Waals surface area (Å²) in [6, 6.07) is 3.85. The van der Waals surface area contributed by atoms with Gasteiger partial charge in [0.25, 0.3) is 5.69 Å². The number of hydrogen-bond acceptors (Lipinski definition) is 3. The molecule has 1 unspecified atom stereocenters. The first-order valence-electron chi connectivity index (χ1n) is 3.74. The Labute approximate surface area is 90.2 Å². The first-order chi connectivity index (χ1) is 6.56. The number of hydrogen-bond donors (Lipinski definition) is 1. The number of benzene rings is 1. The molecule has 0 aliphatic carbocycles. The van der Waals surface area contributed by atoms with E-state index in [0.717, 1.165) is 0 Å². The molecule has 0 aromatic heterocycles. The molecule has 1 N–H and O–H groups in total. The Hall–Kier alpha value is -0.840. The van der Waals surface area contributed by atoms with Crippen molar-refractivity contribution in [2.45, 2.75) is 6.10 Å². The highest BCUT2D eigenvalue weighted by molar-refractivity contribution is 6.31. The molecule has 6 heteroatoms. The van der Waals surface area contributed by atoms with Crippen LogP contribution >= 0.6 is 23.2 Å². The van der Waals surface area contributed by atoms with Crippen LogP contribution in [0.1, 0.15) is 11.7 Å². The average molecular weight is 236 g/mol. The number of non-ortho nitro benzene ring substituents is 1. The summed E-state index contributed by atoms with van der Waals surface area (Å²) in [5.41, 5.74) is 0.157. The van der Waals surface area contributed by atoms with Crippen molar-refractivity contribution in [3.05, 3.63) is 38.9 Å². The lowest BCUT2D eigenvalue weighted by atomic mass is 10.1. The fraction of sp³-hybridized carbons (Fsp3) is 0.250. The van der Waals surface area contributed by atoms with Crippen molar-refractivity contribution in [1.29, 1.82) is 0 Å². The summed E-state index contributed by atoms with van der Waals surface area (Å²) in [6.45, 7) is 0. The second-order valence-electron chi connectivity index (χ2n) is 2.63. The molecule has 1 rings (SSSR count). The predicted molar refractivity (Wildman–Crippen MR) is 53.8 cm³/mol. The molecule has 76 valence electrons. The van der Waals surface area contributed by atoms with Gasteiger partial charge >= 0.3 is 0 Å². The van der Waals surface area contributed by atoms with Crippen molar-refractivity contribution in [3.63, 3.8) is 0 Å². The minimum Gasteiger partial charge on any atom is -0.387 e. The minimum atomic E-state index is -0.982. The predicted octanol–water partition coefficient (Wildman–Crippen LogP) is 2.52. The highest BCUT2D eigenvalue weighted by Crippen LogP contribution is 2.27. The van der Waals surface area contributed by atoms with Crippen LogP contribution in [0, 0.1) is 10.1 Å². The van der Waals surface area contributed by atoms with E-state index in [1.165, 1.54) is 18.2 Å². The Balaban J connectivity index is 3.14. The van der Waals surface area contributed by atoms with Gasteiger partial charge in [-0.1, -0.05) is 11.6 Å². The van der Waals surface area contributed by atoms with Gasteiger partial charge < -0.3 is 5.11 Å². The molecule has 0 spiro atoms. The van der Waals surface area contributed by atoms with E-state index in [4.69, 9.17) is 23.2 Å². The largest absolute Gasteiger partial charge is 0.387 e. The van der Waals surface area contributed by atoms with Crippen LogP contribution in [0.25, 0.3) is 0 Å². The third kappa shape index (κ3) is 2.35. The number of nitro benzene ring substituents is 1. The highest BCUT2D eigenvalue weighted by atomic mass is 35.5.